The standard InChI is InChI=1S/C22H27NO5/c1-2-17(18-8-10-21(11-9-18)28-16-22(25)26)12-13-23-14-19(24)15-27-20-6-4-3-5-7-20/h2-11,19,23-24H,12-16H2,1H3,(H,25,26)/b17-2+/t19-/m0/s1. The summed E-state index contributed by atoms with van der Waals surface area (Å²) in [5.74, 6) is 0.274. The van der Waals surface area contributed by atoms with Crippen molar-refractivity contribution < 1.29 is 24.5 Å². The summed E-state index contributed by atoms with van der Waals surface area (Å²) in [4.78, 5) is 10.5. The predicted molar refractivity (Wildman–Crippen MR) is 109 cm³/mol. The van der Waals surface area contributed by atoms with E-state index in [2.05, 4.69) is 5.32 Å². The first-order chi connectivity index (χ1) is 13.6. The normalized spacial score (nSPS) is 12.4. The van der Waals surface area contributed by atoms with Crippen molar-refractivity contribution in [3.63, 3.8) is 0 Å². The highest BCUT2D eigenvalue weighted by atomic mass is 16.5. The number of aliphatic carboxylic acids is 1. The fourth-order valence-corrected chi connectivity index (χ4v) is 2.63. The Balaban J connectivity index is 1.69. The molecule has 28 heavy (non-hydrogen) atoms. The second kappa shape index (κ2) is 11.8. The van der Waals surface area contributed by atoms with Gasteiger partial charge in [-0.1, -0.05) is 36.4 Å². The fourth-order valence-electron chi connectivity index (χ4n) is 2.63. The average molecular weight is 385 g/mol. The van der Waals surface area contributed by atoms with Gasteiger partial charge in [-0.2, -0.15) is 0 Å². The van der Waals surface area contributed by atoms with E-state index in [1.54, 1.807) is 12.1 Å². The lowest BCUT2D eigenvalue weighted by molar-refractivity contribution is -0.139. The second-order valence-corrected chi connectivity index (χ2v) is 6.25. The Kier molecular flexibility index (Phi) is 9.04. The van der Waals surface area contributed by atoms with Gasteiger partial charge >= 0.3 is 5.97 Å². The van der Waals surface area contributed by atoms with Crippen LogP contribution < -0.4 is 14.8 Å². The van der Waals surface area contributed by atoms with Gasteiger partial charge in [0.1, 0.15) is 24.2 Å². The van der Waals surface area contributed by atoms with Crippen LogP contribution in [0.1, 0.15) is 18.9 Å². The summed E-state index contributed by atoms with van der Waals surface area (Å²) in [7, 11) is 0. The van der Waals surface area contributed by atoms with Crippen LogP contribution in [0.3, 0.4) is 0 Å². The Hall–Kier alpha value is -2.83. The molecule has 0 heterocycles. The Labute approximate surface area is 165 Å². The van der Waals surface area contributed by atoms with E-state index in [1.165, 1.54) is 0 Å². The van der Waals surface area contributed by atoms with Gasteiger partial charge in [-0.3, -0.25) is 0 Å². The molecule has 0 bridgehead atoms. The minimum atomic E-state index is -0.999. The zero-order valence-electron chi connectivity index (χ0n) is 16.0. The first-order valence-corrected chi connectivity index (χ1v) is 9.25. The number of nitrogens with one attached hydrogen (secondary N) is 1. The zero-order chi connectivity index (χ0) is 20.2. The summed E-state index contributed by atoms with van der Waals surface area (Å²) in [5.41, 5.74) is 2.22. The van der Waals surface area contributed by atoms with Crippen LogP contribution in [-0.4, -0.2) is 48.6 Å². The van der Waals surface area contributed by atoms with Gasteiger partial charge in [0.25, 0.3) is 0 Å². The van der Waals surface area contributed by atoms with Gasteiger partial charge < -0.3 is 25.0 Å². The molecule has 0 aromatic heterocycles. The lowest BCUT2D eigenvalue weighted by Gasteiger charge is -2.14. The van der Waals surface area contributed by atoms with Crippen LogP contribution in [0, 0.1) is 0 Å². The van der Waals surface area contributed by atoms with Crippen molar-refractivity contribution in [1.82, 2.24) is 5.32 Å². The Morgan fingerprint density at radius 3 is 2.39 bits per heavy atom. The molecule has 2 aromatic carbocycles. The SMILES string of the molecule is C/C=C(\CCNC[C@H](O)COc1ccccc1)c1ccc(OCC(=O)O)cc1. The number of carbonyl (C=O) groups is 1. The van der Waals surface area contributed by atoms with E-state index in [9.17, 15) is 9.90 Å². The summed E-state index contributed by atoms with van der Waals surface area (Å²) < 4.78 is 10.7. The molecule has 6 nitrogen and oxygen atoms in total. The van der Waals surface area contributed by atoms with Gasteiger partial charge in [0, 0.05) is 6.54 Å². The van der Waals surface area contributed by atoms with Crippen LogP contribution in [0.2, 0.25) is 0 Å². The predicted octanol–water partition coefficient (Wildman–Crippen LogP) is 2.97. The third-order valence-electron chi connectivity index (χ3n) is 4.07. The number of hydrogen-bond donors (Lipinski definition) is 3. The van der Waals surface area contributed by atoms with E-state index in [0.29, 0.717) is 12.3 Å². The number of aliphatic hydroxyl groups excluding tert-OH is 1. The third-order valence-corrected chi connectivity index (χ3v) is 4.07. The number of carboxylic acids is 1. The summed E-state index contributed by atoms with van der Waals surface area (Å²) in [6.07, 6.45) is 2.27. The number of ether oxygens (including phenoxy) is 2. The molecule has 0 fully saturated rings. The highest BCUT2D eigenvalue weighted by Gasteiger charge is 2.06. The van der Waals surface area contributed by atoms with E-state index in [1.807, 2.05) is 55.5 Å². The lowest BCUT2D eigenvalue weighted by Crippen LogP contribution is -2.32. The van der Waals surface area contributed by atoms with Gasteiger partial charge in [0.05, 0.1) is 0 Å². The Morgan fingerprint density at radius 2 is 1.75 bits per heavy atom. The number of rotatable bonds is 12. The van der Waals surface area contributed by atoms with Gasteiger partial charge in [-0.25, -0.2) is 4.79 Å². The first-order valence-electron chi connectivity index (χ1n) is 9.25. The number of benzene rings is 2. The summed E-state index contributed by atoms with van der Waals surface area (Å²) in [6.45, 7) is 3.04. The fraction of sp³-hybridized carbons (Fsp3) is 0.318. The van der Waals surface area contributed by atoms with E-state index in [-0.39, 0.29) is 13.2 Å². The van der Waals surface area contributed by atoms with E-state index in [4.69, 9.17) is 14.6 Å². The maximum absolute atomic E-state index is 10.5. The van der Waals surface area contributed by atoms with Gasteiger partial charge in [-0.15, -0.1) is 0 Å². The van der Waals surface area contributed by atoms with Crippen LogP contribution in [0.15, 0.2) is 60.7 Å². The van der Waals surface area contributed by atoms with Crippen LogP contribution in [-0.2, 0) is 4.79 Å². The zero-order valence-corrected chi connectivity index (χ0v) is 16.0. The number of hydrogen-bond acceptors (Lipinski definition) is 5. The molecule has 3 N–H and O–H groups in total. The monoisotopic (exact) mass is 385 g/mol. The van der Waals surface area contributed by atoms with Crippen LogP contribution in [0.5, 0.6) is 11.5 Å². The van der Waals surface area contributed by atoms with E-state index < -0.39 is 12.1 Å². The van der Waals surface area contributed by atoms with Crippen LogP contribution >= 0.6 is 0 Å². The molecule has 0 radical (unpaired) electrons. The molecule has 2 aromatic rings. The number of allylic oxidation sites excluding steroid dienone is 1. The molecular formula is C22H27NO5. The first kappa shape index (κ1) is 21.5. The molecule has 0 aliphatic heterocycles. The summed E-state index contributed by atoms with van der Waals surface area (Å²) >= 11 is 0. The molecule has 1 atom stereocenters. The Bertz CT molecular complexity index is 743. The smallest absolute Gasteiger partial charge is 0.341 e. The molecule has 150 valence electrons. The van der Waals surface area contributed by atoms with Crippen molar-refractivity contribution in [2.45, 2.75) is 19.4 Å². The molecule has 0 unspecified atom stereocenters. The number of carboxylic acid groups (broad SMARTS) is 1. The Morgan fingerprint density at radius 1 is 1.07 bits per heavy atom. The van der Waals surface area contributed by atoms with E-state index in [0.717, 1.165) is 29.9 Å². The molecule has 0 spiro atoms. The molecule has 6 heteroatoms. The van der Waals surface area contributed by atoms with Crippen molar-refractivity contribution in [3.05, 3.63) is 66.2 Å². The summed E-state index contributed by atoms with van der Waals surface area (Å²) in [5, 5.41) is 21.9. The minimum absolute atomic E-state index is 0.241. The van der Waals surface area contributed by atoms with Crippen molar-refractivity contribution in [3.8, 4) is 11.5 Å². The largest absolute Gasteiger partial charge is 0.491 e. The average Bonchev–Trinajstić information content (AvgIpc) is 2.72. The number of aliphatic hydroxyl groups is 1. The van der Waals surface area contributed by atoms with Gasteiger partial charge in [-0.05, 0) is 55.3 Å². The molecule has 0 amide bonds. The molecular weight excluding hydrogens is 358 g/mol. The van der Waals surface area contributed by atoms with Gasteiger partial charge in [0.15, 0.2) is 6.61 Å². The molecule has 0 saturated carbocycles. The quantitative estimate of drug-likeness (QED) is 0.487. The van der Waals surface area contributed by atoms with E-state index >= 15 is 0 Å². The minimum Gasteiger partial charge on any atom is -0.491 e. The molecule has 0 aliphatic carbocycles. The lowest BCUT2D eigenvalue weighted by atomic mass is 10.0. The van der Waals surface area contributed by atoms with Crippen molar-refractivity contribution in [2.75, 3.05) is 26.3 Å². The maximum atomic E-state index is 10.5. The maximum Gasteiger partial charge on any atom is 0.341 e. The van der Waals surface area contributed by atoms with Crippen LogP contribution in [0.4, 0.5) is 0 Å². The van der Waals surface area contributed by atoms with Crippen LogP contribution in [0.25, 0.3) is 5.57 Å². The molecule has 0 aliphatic rings. The van der Waals surface area contributed by atoms with Crippen molar-refractivity contribution in [1.29, 1.82) is 0 Å². The molecule has 0 saturated heterocycles. The van der Waals surface area contributed by atoms with Gasteiger partial charge in [0.2, 0.25) is 0 Å². The topological polar surface area (TPSA) is 88.0 Å². The van der Waals surface area contributed by atoms with Crippen molar-refractivity contribution in [2.24, 2.45) is 0 Å². The molecule has 2 rings (SSSR count). The number of para-hydroxylation sites is 1. The highest BCUT2D eigenvalue weighted by Crippen LogP contribution is 2.21. The highest BCUT2D eigenvalue weighted by molar-refractivity contribution is 5.69. The summed E-state index contributed by atoms with van der Waals surface area (Å²) in [6, 6.07) is 16.8. The van der Waals surface area contributed by atoms with Crippen molar-refractivity contribution >= 4 is 11.5 Å². The second-order valence-electron chi connectivity index (χ2n) is 6.25. The third kappa shape index (κ3) is 7.82.